The van der Waals surface area contributed by atoms with Crippen molar-refractivity contribution in [1.82, 2.24) is 0 Å². The highest BCUT2D eigenvalue weighted by Crippen LogP contribution is 2.65. The van der Waals surface area contributed by atoms with Crippen LogP contribution in [0.15, 0.2) is 200 Å². The lowest BCUT2D eigenvalue weighted by atomic mass is 9.70. The van der Waals surface area contributed by atoms with Crippen LogP contribution in [0, 0.1) is 0 Å². The molecule has 4 aliphatic rings. The van der Waals surface area contributed by atoms with Crippen LogP contribution in [-0.4, -0.2) is 0 Å². The summed E-state index contributed by atoms with van der Waals surface area (Å²) in [5, 5.41) is 0. The van der Waals surface area contributed by atoms with Gasteiger partial charge >= 0.3 is 0 Å². The molecule has 0 aliphatic heterocycles. The highest BCUT2D eigenvalue weighted by Gasteiger charge is 2.52. The van der Waals surface area contributed by atoms with E-state index in [1.54, 1.807) is 0 Å². The fourth-order valence-electron chi connectivity index (χ4n) is 12.3. The van der Waals surface area contributed by atoms with Gasteiger partial charge in [-0.05, 0) is 119 Å². The zero-order chi connectivity index (χ0) is 41.5. The highest BCUT2D eigenvalue weighted by atomic mass is 15.1. The molecule has 13 rings (SSSR count). The maximum absolute atomic E-state index is 2.57. The molecule has 1 spiro atoms. The number of hydrogen-bond donors (Lipinski definition) is 0. The largest absolute Gasteiger partial charge is 0.309 e. The first-order valence-electron chi connectivity index (χ1n) is 22.1. The van der Waals surface area contributed by atoms with Gasteiger partial charge in [0.15, 0.2) is 0 Å². The Morgan fingerprint density at radius 1 is 0.290 bits per heavy atom. The molecule has 1 nitrogen and oxygen atoms in total. The van der Waals surface area contributed by atoms with Crippen LogP contribution in [0.2, 0.25) is 0 Å². The summed E-state index contributed by atoms with van der Waals surface area (Å²) in [5.41, 5.74) is 26.9. The van der Waals surface area contributed by atoms with E-state index in [9.17, 15) is 0 Å². The minimum absolute atomic E-state index is 0.0574. The van der Waals surface area contributed by atoms with Gasteiger partial charge in [0.05, 0.1) is 16.8 Å². The van der Waals surface area contributed by atoms with Gasteiger partial charge in [0.2, 0.25) is 0 Å². The van der Waals surface area contributed by atoms with Gasteiger partial charge in [-0.3, -0.25) is 0 Å². The molecule has 0 fully saturated rings. The molecule has 1 heteroatoms. The van der Waals surface area contributed by atoms with E-state index in [2.05, 4.69) is 233 Å². The van der Waals surface area contributed by atoms with E-state index >= 15 is 0 Å². The van der Waals surface area contributed by atoms with Gasteiger partial charge in [-0.1, -0.05) is 198 Å². The van der Waals surface area contributed by atoms with Crippen LogP contribution in [0.5, 0.6) is 0 Å². The van der Waals surface area contributed by atoms with Crippen molar-refractivity contribution in [2.24, 2.45) is 0 Å². The Balaban J connectivity index is 1.05. The van der Waals surface area contributed by atoms with E-state index in [0.29, 0.717) is 0 Å². The molecule has 0 N–H and O–H groups in total. The Kier molecular flexibility index (Phi) is 7.12. The molecule has 0 atom stereocenters. The molecule has 9 aromatic rings. The second-order valence-electron chi connectivity index (χ2n) is 18.8. The maximum atomic E-state index is 2.57. The summed E-state index contributed by atoms with van der Waals surface area (Å²) in [6.07, 6.45) is 0. The fourth-order valence-corrected chi connectivity index (χ4v) is 12.3. The fraction of sp³-hybridized carbons (Fsp3) is 0.115. The maximum Gasteiger partial charge on any atom is 0.0726 e. The second kappa shape index (κ2) is 12.4. The van der Waals surface area contributed by atoms with Crippen molar-refractivity contribution < 1.29 is 0 Å². The molecule has 62 heavy (non-hydrogen) atoms. The molecule has 0 radical (unpaired) electrons. The molecule has 0 saturated heterocycles. The van der Waals surface area contributed by atoms with Crippen LogP contribution in [0.3, 0.4) is 0 Å². The lowest BCUT2D eigenvalue weighted by Gasteiger charge is -2.32. The smallest absolute Gasteiger partial charge is 0.0726 e. The molecule has 0 bridgehead atoms. The summed E-state index contributed by atoms with van der Waals surface area (Å²) in [4.78, 5) is 2.57. The van der Waals surface area contributed by atoms with Gasteiger partial charge in [-0.25, -0.2) is 0 Å². The lowest BCUT2D eigenvalue weighted by molar-refractivity contribution is 0.660. The summed E-state index contributed by atoms with van der Waals surface area (Å²) in [6.45, 7) is 9.49. The molecule has 0 aromatic heterocycles. The average Bonchev–Trinajstić information content (AvgIpc) is 3.95. The monoisotopic (exact) mass is 791 g/mol. The van der Waals surface area contributed by atoms with Crippen molar-refractivity contribution in [1.29, 1.82) is 0 Å². The van der Waals surface area contributed by atoms with Crippen molar-refractivity contribution in [3.63, 3.8) is 0 Å². The van der Waals surface area contributed by atoms with E-state index in [1.807, 2.05) is 0 Å². The first-order chi connectivity index (χ1) is 30.3. The SMILES string of the molecule is CC1(C)c2ccccc2-c2ccc(-c3ccc(N(c4cccc5c4-c4ccccc4C5(C)C)c4cccc5c4-c4ccccc4C54c5ccccc5-c5ccccc54)cc3)cc21. The molecule has 4 aliphatic carbocycles. The van der Waals surface area contributed by atoms with Crippen molar-refractivity contribution >= 4 is 17.1 Å². The quantitative estimate of drug-likeness (QED) is 0.172. The van der Waals surface area contributed by atoms with Crippen molar-refractivity contribution in [2.75, 3.05) is 4.90 Å². The van der Waals surface area contributed by atoms with Crippen LogP contribution in [0.1, 0.15) is 72.2 Å². The zero-order valence-electron chi connectivity index (χ0n) is 35.5. The van der Waals surface area contributed by atoms with Gasteiger partial charge in [0.1, 0.15) is 0 Å². The van der Waals surface area contributed by atoms with Crippen molar-refractivity contribution in [2.45, 2.75) is 43.9 Å². The number of benzene rings is 9. The topological polar surface area (TPSA) is 3.24 Å². The Morgan fingerprint density at radius 3 is 1.27 bits per heavy atom. The summed E-state index contributed by atoms with van der Waals surface area (Å²) < 4.78 is 0. The summed E-state index contributed by atoms with van der Waals surface area (Å²) in [5.74, 6) is 0. The van der Waals surface area contributed by atoms with E-state index in [-0.39, 0.29) is 10.8 Å². The predicted molar refractivity (Wildman–Crippen MR) is 258 cm³/mol. The van der Waals surface area contributed by atoms with Gasteiger partial charge in [0, 0.05) is 27.6 Å². The predicted octanol–water partition coefficient (Wildman–Crippen LogP) is 15.8. The van der Waals surface area contributed by atoms with Crippen LogP contribution < -0.4 is 4.90 Å². The number of hydrogen-bond acceptors (Lipinski definition) is 1. The number of fused-ring (bicyclic) bond motifs is 16. The molecular formula is C61H45N. The molecule has 9 aromatic carbocycles. The third kappa shape index (κ3) is 4.43. The third-order valence-corrected chi connectivity index (χ3v) is 15.1. The summed E-state index contributed by atoms with van der Waals surface area (Å²) in [7, 11) is 0. The van der Waals surface area contributed by atoms with Gasteiger partial charge < -0.3 is 4.90 Å². The minimum atomic E-state index is -0.432. The van der Waals surface area contributed by atoms with Crippen molar-refractivity contribution in [3.05, 3.63) is 245 Å². The van der Waals surface area contributed by atoms with E-state index in [1.165, 1.54) is 112 Å². The number of nitrogens with zero attached hydrogens (tertiary/aromatic N) is 1. The molecule has 0 saturated carbocycles. The molecule has 0 heterocycles. The van der Waals surface area contributed by atoms with Crippen LogP contribution >= 0.6 is 0 Å². The summed E-state index contributed by atoms with van der Waals surface area (Å²) in [6, 6.07) is 75.8. The zero-order valence-corrected chi connectivity index (χ0v) is 35.5. The Bertz CT molecular complexity index is 3310. The normalized spacial score (nSPS) is 15.5. The van der Waals surface area contributed by atoms with Gasteiger partial charge in [-0.15, -0.1) is 0 Å². The first kappa shape index (κ1) is 35.5. The Hall–Kier alpha value is -7.22. The third-order valence-electron chi connectivity index (χ3n) is 15.1. The first-order valence-corrected chi connectivity index (χ1v) is 22.1. The average molecular weight is 792 g/mol. The second-order valence-corrected chi connectivity index (χ2v) is 18.8. The Labute approximate surface area is 364 Å². The summed E-state index contributed by atoms with van der Waals surface area (Å²) >= 11 is 0. The van der Waals surface area contributed by atoms with Crippen LogP contribution in [-0.2, 0) is 16.2 Å². The van der Waals surface area contributed by atoms with E-state index in [4.69, 9.17) is 0 Å². The number of rotatable bonds is 4. The van der Waals surface area contributed by atoms with E-state index in [0.717, 1.165) is 5.69 Å². The Morgan fingerprint density at radius 2 is 0.677 bits per heavy atom. The van der Waals surface area contributed by atoms with E-state index < -0.39 is 5.41 Å². The van der Waals surface area contributed by atoms with Crippen LogP contribution in [0.25, 0.3) is 55.6 Å². The standard InChI is InChI=1S/C61H45N/c1-59(2)48-23-11-8-20-45(48)57-52(59)27-15-29-55(57)62(40-34-31-38(32-35-40)39-33-36-44-41-17-5-10-22-47(41)60(3,4)54(44)37-39)56-30-16-28-53-58(56)46-21-9-14-26-51(46)61(53)49-24-12-6-18-42(49)43-19-7-13-25-50(43)61/h5-37H,1-4H3. The molecule has 0 amide bonds. The highest BCUT2D eigenvalue weighted by molar-refractivity contribution is 6.03. The minimum Gasteiger partial charge on any atom is -0.309 e. The molecular weight excluding hydrogens is 747 g/mol. The van der Waals surface area contributed by atoms with Gasteiger partial charge in [-0.2, -0.15) is 0 Å². The van der Waals surface area contributed by atoms with Crippen molar-refractivity contribution in [3.8, 4) is 55.6 Å². The number of anilines is 3. The lowest BCUT2D eigenvalue weighted by Crippen LogP contribution is -2.26. The molecule has 294 valence electrons. The molecule has 0 unspecified atom stereocenters. The van der Waals surface area contributed by atoms with Crippen LogP contribution in [0.4, 0.5) is 17.1 Å². The van der Waals surface area contributed by atoms with Gasteiger partial charge in [0.25, 0.3) is 0 Å².